The minimum atomic E-state index is -4.82. The number of nitrogens with one attached hydrogen (secondary N) is 2. The molecule has 1 amide bonds. The lowest BCUT2D eigenvalue weighted by molar-refractivity contribution is -0.274. The normalized spacial score (nSPS) is 13.3. The molecule has 142 valence electrons. The van der Waals surface area contributed by atoms with Gasteiger partial charge in [-0.2, -0.15) is 0 Å². The van der Waals surface area contributed by atoms with Gasteiger partial charge >= 0.3 is 6.36 Å². The molecule has 0 unspecified atom stereocenters. The van der Waals surface area contributed by atoms with Crippen molar-refractivity contribution in [2.45, 2.75) is 31.7 Å². The standard InChI is InChI=1S/C14H20F3N3O4S/c1-25(22,23)19-8-3-2-7-12(18)13(21)20-10-5-4-6-11(9-10)24-14(15,16)17/h4-6,9,12,19H,2-3,7-8,18H2,1H3,(H,20,21)/t12-/m1/s1. The Kier molecular flexibility index (Phi) is 7.64. The van der Waals surface area contributed by atoms with Crippen LogP contribution in [0.1, 0.15) is 19.3 Å². The molecule has 11 heteroatoms. The van der Waals surface area contributed by atoms with Crippen molar-refractivity contribution in [1.29, 1.82) is 0 Å². The van der Waals surface area contributed by atoms with Crippen LogP contribution in [0.25, 0.3) is 0 Å². The van der Waals surface area contributed by atoms with Gasteiger partial charge in [-0.3, -0.25) is 4.79 Å². The minimum absolute atomic E-state index is 0.126. The fourth-order valence-electron chi connectivity index (χ4n) is 1.88. The summed E-state index contributed by atoms with van der Waals surface area (Å²) >= 11 is 0. The van der Waals surface area contributed by atoms with E-state index in [1.165, 1.54) is 12.1 Å². The van der Waals surface area contributed by atoms with Crippen molar-refractivity contribution in [2.24, 2.45) is 5.73 Å². The first-order chi connectivity index (χ1) is 11.5. The Morgan fingerprint density at radius 3 is 2.60 bits per heavy atom. The number of ether oxygens (including phenoxy) is 1. The molecule has 1 aromatic rings. The van der Waals surface area contributed by atoms with Crippen molar-refractivity contribution in [1.82, 2.24) is 4.72 Å². The van der Waals surface area contributed by atoms with Gasteiger partial charge < -0.3 is 15.8 Å². The molecule has 1 aromatic carbocycles. The number of anilines is 1. The first kappa shape index (κ1) is 21.2. The molecule has 1 rings (SSSR count). The highest BCUT2D eigenvalue weighted by Gasteiger charge is 2.31. The third kappa shape index (κ3) is 9.89. The van der Waals surface area contributed by atoms with Gasteiger partial charge in [-0.05, 0) is 25.0 Å². The van der Waals surface area contributed by atoms with Crippen LogP contribution < -0.4 is 20.5 Å². The minimum Gasteiger partial charge on any atom is -0.406 e. The predicted octanol–water partition coefficient (Wildman–Crippen LogP) is 1.57. The fourth-order valence-corrected chi connectivity index (χ4v) is 2.40. The molecular weight excluding hydrogens is 363 g/mol. The lowest BCUT2D eigenvalue weighted by Crippen LogP contribution is -2.35. The monoisotopic (exact) mass is 383 g/mol. The number of sulfonamides is 1. The number of halogens is 3. The first-order valence-electron chi connectivity index (χ1n) is 7.33. The summed E-state index contributed by atoms with van der Waals surface area (Å²) in [5, 5.41) is 2.41. The van der Waals surface area contributed by atoms with Crippen LogP contribution in [0.4, 0.5) is 18.9 Å². The molecule has 4 N–H and O–H groups in total. The Bertz CT molecular complexity index is 680. The number of nitrogens with two attached hydrogens (primary N) is 1. The summed E-state index contributed by atoms with van der Waals surface area (Å²) in [6.07, 6.45) is -2.46. The van der Waals surface area contributed by atoms with Crippen molar-refractivity contribution in [2.75, 3.05) is 18.1 Å². The van der Waals surface area contributed by atoms with E-state index in [9.17, 15) is 26.4 Å². The van der Waals surface area contributed by atoms with Crippen LogP contribution in [0.5, 0.6) is 5.75 Å². The van der Waals surface area contributed by atoms with E-state index in [0.29, 0.717) is 19.3 Å². The lowest BCUT2D eigenvalue weighted by Gasteiger charge is -2.14. The maximum absolute atomic E-state index is 12.2. The number of hydrogen-bond acceptors (Lipinski definition) is 5. The Labute approximate surface area is 143 Å². The average molecular weight is 383 g/mol. The van der Waals surface area contributed by atoms with Crippen molar-refractivity contribution in [3.05, 3.63) is 24.3 Å². The van der Waals surface area contributed by atoms with Gasteiger partial charge in [0.1, 0.15) is 5.75 Å². The molecule has 0 radical (unpaired) electrons. The summed E-state index contributed by atoms with van der Waals surface area (Å²) in [6.45, 7) is 0.240. The molecule has 0 heterocycles. The lowest BCUT2D eigenvalue weighted by atomic mass is 10.1. The molecular formula is C14H20F3N3O4S. The quantitative estimate of drug-likeness (QED) is 0.561. The van der Waals surface area contributed by atoms with Crippen LogP contribution in [-0.2, 0) is 14.8 Å². The van der Waals surface area contributed by atoms with Gasteiger partial charge in [-0.25, -0.2) is 13.1 Å². The summed E-state index contributed by atoms with van der Waals surface area (Å²) in [6, 6.07) is 3.99. The molecule has 0 fully saturated rings. The number of unbranched alkanes of at least 4 members (excludes halogenated alkanes) is 1. The van der Waals surface area contributed by atoms with E-state index in [0.717, 1.165) is 18.4 Å². The Hall–Kier alpha value is -1.85. The number of benzene rings is 1. The third-order valence-electron chi connectivity index (χ3n) is 2.98. The van der Waals surface area contributed by atoms with E-state index in [2.05, 4.69) is 14.8 Å². The van der Waals surface area contributed by atoms with Gasteiger partial charge in [0.25, 0.3) is 0 Å². The molecule has 0 spiro atoms. The Morgan fingerprint density at radius 2 is 2.00 bits per heavy atom. The summed E-state index contributed by atoms with van der Waals surface area (Å²) in [5.41, 5.74) is 5.84. The molecule has 0 aromatic heterocycles. The third-order valence-corrected chi connectivity index (χ3v) is 3.71. The topological polar surface area (TPSA) is 111 Å². The highest BCUT2D eigenvalue weighted by Crippen LogP contribution is 2.25. The van der Waals surface area contributed by atoms with Crippen LogP contribution in [0.15, 0.2) is 24.3 Å². The Balaban J connectivity index is 2.43. The molecule has 0 aliphatic heterocycles. The number of alkyl halides is 3. The predicted molar refractivity (Wildman–Crippen MR) is 86.4 cm³/mol. The molecule has 0 saturated carbocycles. The number of carbonyl (C=O) groups is 1. The van der Waals surface area contributed by atoms with Crippen molar-refractivity contribution in [3.8, 4) is 5.75 Å². The molecule has 1 atom stereocenters. The van der Waals surface area contributed by atoms with Gasteiger partial charge in [0.15, 0.2) is 0 Å². The van der Waals surface area contributed by atoms with Crippen LogP contribution in [0.2, 0.25) is 0 Å². The highest BCUT2D eigenvalue weighted by molar-refractivity contribution is 7.88. The zero-order valence-electron chi connectivity index (χ0n) is 13.5. The summed E-state index contributed by atoms with van der Waals surface area (Å²) in [4.78, 5) is 11.9. The molecule has 0 saturated heterocycles. The second-order valence-corrected chi connectivity index (χ2v) is 7.17. The zero-order valence-corrected chi connectivity index (χ0v) is 14.3. The van der Waals surface area contributed by atoms with Gasteiger partial charge in [0.05, 0.1) is 12.3 Å². The molecule has 25 heavy (non-hydrogen) atoms. The Morgan fingerprint density at radius 1 is 1.32 bits per heavy atom. The first-order valence-corrected chi connectivity index (χ1v) is 9.22. The van der Waals surface area contributed by atoms with E-state index in [4.69, 9.17) is 5.73 Å². The van der Waals surface area contributed by atoms with Gasteiger partial charge in [-0.1, -0.05) is 12.5 Å². The zero-order chi connectivity index (χ0) is 19.1. The van der Waals surface area contributed by atoms with Gasteiger partial charge in [0.2, 0.25) is 15.9 Å². The summed E-state index contributed by atoms with van der Waals surface area (Å²) < 4.78 is 64.3. The number of hydrogen-bond donors (Lipinski definition) is 3. The molecule has 0 aliphatic rings. The largest absolute Gasteiger partial charge is 0.573 e. The molecule has 7 nitrogen and oxygen atoms in total. The van der Waals surface area contributed by atoms with E-state index in [-0.39, 0.29) is 12.2 Å². The van der Waals surface area contributed by atoms with Crippen LogP contribution in [-0.4, -0.2) is 39.5 Å². The second-order valence-electron chi connectivity index (χ2n) is 5.33. The maximum Gasteiger partial charge on any atom is 0.573 e. The van der Waals surface area contributed by atoms with Crippen LogP contribution >= 0.6 is 0 Å². The maximum atomic E-state index is 12.2. The highest BCUT2D eigenvalue weighted by atomic mass is 32.2. The van der Waals surface area contributed by atoms with Gasteiger partial charge in [-0.15, -0.1) is 13.2 Å². The van der Waals surface area contributed by atoms with Crippen molar-refractivity contribution in [3.63, 3.8) is 0 Å². The van der Waals surface area contributed by atoms with Crippen LogP contribution in [0, 0.1) is 0 Å². The molecule has 0 bridgehead atoms. The smallest absolute Gasteiger partial charge is 0.406 e. The summed E-state index contributed by atoms with van der Waals surface area (Å²) in [7, 11) is -3.25. The number of amides is 1. The van der Waals surface area contributed by atoms with E-state index in [1.54, 1.807) is 0 Å². The van der Waals surface area contributed by atoms with E-state index >= 15 is 0 Å². The number of rotatable bonds is 9. The van der Waals surface area contributed by atoms with Crippen molar-refractivity contribution < 1.29 is 31.1 Å². The SMILES string of the molecule is CS(=O)(=O)NCCCC[C@@H](N)C(=O)Nc1cccc(OC(F)(F)F)c1. The summed E-state index contributed by atoms with van der Waals surface area (Å²) in [5.74, 6) is -1.01. The van der Waals surface area contributed by atoms with E-state index in [1.807, 2.05) is 0 Å². The van der Waals surface area contributed by atoms with Crippen molar-refractivity contribution >= 4 is 21.6 Å². The number of carbonyl (C=O) groups excluding carboxylic acids is 1. The van der Waals surface area contributed by atoms with Gasteiger partial charge in [0, 0.05) is 18.3 Å². The van der Waals surface area contributed by atoms with E-state index < -0.39 is 34.1 Å². The average Bonchev–Trinajstić information content (AvgIpc) is 2.44. The fraction of sp³-hybridized carbons (Fsp3) is 0.500. The molecule has 0 aliphatic carbocycles. The second kappa shape index (κ2) is 9.02. The van der Waals surface area contributed by atoms with Crippen LogP contribution in [0.3, 0.4) is 0 Å².